The highest BCUT2D eigenvalue weighted by Crippen LogP contribution is 2.14. The Kier molecular flexibility index (Phi) is 8.29. The molecule has 2 aromatic carbocycles. The number of nitrogens with zero attached hydrogens (tertiary/aromatic N) is 3. The van der Waals surface area contributed by atoms with E-state index in [1.165, 1.54) is 10.2 Å². The van der Waals surface area contributed by atoms with Crippen molar-refractivity contribution in [3.63, 3.8) is 0 Å². The van der Waals surface area contributed by atoms with Crippen molar-refractivity contribution in [2.45, 2.75) is 0 Å². The number of aromatic carboxylic acids is 1. The third kappa shape index (κ3) is 5.31. The van der Waals surface area contributed by atoms with Gasteiger partial charge in [-0.15, -0.1) is 0 Å². The van der Waals surface area contributed by atoms with Gasteiger partial charge in [0, 0.05) is 26.8 Å². The fourth-order valence-electron chi connectivity index (χ4n) is 2.12. The van der Waals surface area contributed by atoms with Crippen LogP contribution in [0.1, 0.15) is 10.4 Å². The number of nitrogens with two attached hydrogens (primary N) is 1. The Morgan fingerprint density at radius 1 is 1.15 bits per heavy atom. The zero-order valence-electron chi connectivity index (χ0n) is 14.7. The predicted molar refractivity (Wildman–Crippen MR) is 104 cm³/mol. The van der Waals surface area contributed by atoms with E-state index in [0.717, 1.165) is 10.5 Å². The predicted octanol–water partition coefficient (Wildman–Crippen LogP) is 2.48. The van der Waals surface area contributed by atoms with E-state index in [2.05, 4.69) is 17.2 Å². The Morgan fingerprint density at radius 2 is 1.81 bits per heavy atom. The van der Waals surface area contributed by atoms with E-state index in [9.17, 15) is 4.79 Å². The number of fused-ring (bicyclic) bond motifs is 1. The summed E-state index contributed by atoms with van der Waals surface area (Å²) in [5.74, 6) is 4.34. The van der Waals surface area contributed by atoms with E-state index < -0.39 is 5.97 Å². The quantitative estimate of drug-likeness (QED) is 0.308. The molecule has 0 unspecified atom stereocenters. The first-order valence-corrected chi connectivity index (χ1v) is 8.25. The lowest BCUT2D eigenvalue weighted by Gasteiger charge is -2.12. The number of carboxylic acid groups (broad SMARTS) is 1. The SMILES string of the molecule is CN(C)c1cccc(C(=O)O)c1.Cn1c(=NN)sc2ccccc21.OO. The van der Waals surface area contributed by atoms with Crippen LogP contribution >= 0.6 is 11.3 Å². The van der Waals surface area contributed by atoms with Gasteiger partial charge in [-0.1, -0.05) is 29.5 Å². The lowest BCUT2D eigenvalue weighted by atomic mass is 10.2. The van der Waals surface area contributed by atoms with Crippen LogP contribution < -0.4 is 15.5 Å². The number of benzene rings is 2. The second kappa shape index (κ2) is 10.2. The van der Waals surface area contributed by atoms with E-state index in [0.29, 0.717) is 5.56 Å². The zero-order chi connectivity index (χ0) is 19.7. The van der Waals surface area contributed by atoms with Crippen molar-refractivity contribution >= 4 is 33.2 Å². The maximum atomic E-state index is 10.6. The van der Waals surface area contributed by atoms with Crippen molar-refractivity contribution in [2.24, 2.45) is 18.0 Å². The number of para-hydroxylation sites is 1. The van der Waals surface area contributed by atoms with E-state index in [1.54, 1.807) is 29.5 Å². The van der Waals surface area contributed by atoms with Crippen LogP contribution in [0.3, 0.4) is 0 Å². The van der Waals surface area contributed by atoms with Crippen molar-refractivity contribution in [1.29, 1.82) is 0 Å². The highest BCUT2D eigenvalue weighted by atomic mass is 32.1. The van der Waals surface area contributed by atoms with Gasteiger partial charge < -0.3 is 20.4 Å². The number of hydrogen-bond donors (Lipinski definition) is 4. The highest BCUT2D eigenvalue weighted by Gasteiger charge is 2.03. The minimum absolute atomic E-state index is 0.321. The summed E-state index contributed by atoms with van der Waals surface area (Å²) < 4.78 is 3.20. The van der Waals surface area contributed by atoms with Crippen LogP contribution in [-0.4, -0.2) is 40.3 Å². The molecule has 0 atom stereocenters. The van der Waals surface area contributed by atoms with Crippen LogP contribution in [0.15, 0.2) is 53.6 Å². The third-order valence-electron chi connectivity index (χ3n) is 3.43. The Hall–Kier alpha value is -2.88. The first-order chi connectivity index (χ1) is 12.4. The van der Waals surface area contributed by atoms with Gasteiger partial charge in [-0.2, -0.15) is 5.10 Å². The Morgan fingerprint density at radius 3 is 2.35 bits per heavy atom. The molecule has 0 saturated heterocycles. The van der Waals surface area contributed by atoms with Crippen molar-refractivity contribution in [3.8, 4) is 0 Å². The number of carboxylic acids is 1. The summed E-state index contributed by atoms with van der Waals surface area (Å²) in [6.45, 7) is 0. The summed E-state index contributed by atoms with van der Waals surface area (Å²) in [5.41, 5.74) is 2.39. The zero-order valence-corrected chi connectivity index (χ0v) is 15.5. The minimum atomic E-state index is -0.890. The van der Waals surface area contributed by atoms with Crippen molar-refractivity contribution < 1.29 is 20.4 Å². The second-order valence-corrected chi connectivity index (χ2v) is 6.30. The van der Waals surface area contributed by atoms with E-state index in [1.807, 2.05) is 48.8 Å². The topological polar surface area (TPSA) is 124 Å². The molecule has 3 rings (SSSR count). The molecular formula is C17H22N4O4S. The lowest BCUT2D eigenvalue weighted by Crippen LogP contribution is -2.11. The number of hydrogen-bond acceptors (Lipinski definition) is 7. The number of anilines is 1. The standard InChI is InChI=1S/C9H11NO2.C8H9N3S.H2O2/c1-10(2)8-5-3-4-7(6-8)9(11)12;1-11-6-4-2-3-5-7(6)12-8(11)10-9;1-2/h3-6H,1-2H3,(H,11,12);2-5H,9H2,1H3;1-2H. The molecule has 0 bridgehead atoms. The summed E-state index contributed by atoms with van der Waals surface area (Å²) in [4.78, 5) is 13.3. The van der Waals surface area contributed by atoms with Gasteiger partial charge >= 0.3 is 5.97 Å². The monoisotopic (exact) mass is 378 g/mol. The van der Waals surface area contributed by atoms with Crippen LogP contribution in [-0.2, 0) is 7.05 Å². The second-order valence-electron chi connectivity index (χ2n) is 5.29. The molecule has 8 nitrogen and oxygen atoms in total. The molecule has 3 aromatic rings. The van der Waals surface area contributed by atoms with Gasteiger partial charge in [0.25, 0.3) is 0 Å². The fraction of sp³-hybridized carbons (Fsp3) is 0.176. The molecule has 0 aliphatic heterocycles. The van der Waals surface area contributed by atoms with E-state index in [-0.39, 0.29) is 0 Å². The van der Waals surface area contributed by atoms with E-state index in [4.69, 9.17) is 21.5 Å². The smallest absolute Gasteiger partial charge is 0.335 e. The van der Waals surface area contributed by atoms with Gasteiger partial charge in [0.2, 0.25) is 4.80 Å². The molecule has 0 saturated carbocycles. The maximum Gasteiger partial charge on any atom is 0.335 e. The van der Waals surface area contributed by atoms with Crippen LogP contribution in [0.5, 0.6) is 0 Å². The van der Waals surface area contributed by atoms with Gasteiger partial charge in [0.15, 0.2) is 0 Å². The number of aryl methyl sites for hydroxylation is 1. The van der Waals surface area contributed by atoms with Gasteiger partial charge in [-0.05, 0) is 30.3 Å². The number of aromatic nitrogens is 1. The average Bonchev–Trinajstić information content (AvgIpc) is 3.00. The van der Waals surface area contributed by atoms with E-state index >= 15 is 0 Å². The Labute approximate surface area is 154 Å². The first-order valence-electron chi connectivity index (χ1n) is 7.43. The molecule has 1 aromatic heterocycles. The van der Waals surface area contributed by atoms with Gasteiger partial charge in [0.05, 0.1) is 15.8 Å². The van der Waals surface area contributed by atoms with Gasteiger partial charge in [0.1, 0.15) is 0 Å². The summed E-state index contributed by atoms with van der Waals surface area (Å²) in [6, 6.07) is 15.0. The van der Waals surface area contributed by atoms with Crippen LogP contribution in [0.2, 0.25) is 0 Å². The molecule has 0 aliphatic carbocycles. The van der Waals surface area contributed by atoms with Crippen LogP contribution in [0.4, 0.5) is 5.69 Å². The third-order valence-corrected chi connectivity index (χ3v) is 4.56. The van der Waals surface area contributed by atoms with Crippen molar-refractivity contribution in [3.05, 3.63) is 58.9 Å². The molecule has 0 amide bonds. The van der Waals surface area contributed by atoms with Crippen LogP contribution in [0, 0.1) is 0 Å². The van der Waals surface area contributed by atoms with Crippen molar-refractivity contribution in [1.82, 2.24) is 4.57 Å². The molecule has 0 spiro atoms. The molecule has 5 N–H and O–H groups in total. The van der Waals surface area contributed by atoms with Crippen molar-refractivity contribution in [2.75, 3.05) is 19.0 Å². The molecular weight excluding hydrogens is 356 g/mol. The summed E-state index contributed by atoms with van der Waals surface area (Å²) in [7, 11) is 5.71. The molecule has 0 aliphatic rings. The summed E-state index contributed by atoms with van der Waals surface area (Å²) in [6.07, 6.45) is 0. The van der Waals surface area contributed by atoms with Gasteiger partial charge in [-0.3, -0.25) is 10.5 Å². The molecule has 0 fully saturated rings. The maximum absolute atomic E-state index is 10.6. The van der Waals surface area contributed by atoms with Gasteiger partial charge in [-0.25, -0.2) is 4.79 Å². The highest BCUT2D eigenvalue weighted by molar-refractivity contribution is 7.16. The molecule has 140 valence electrons. The molecule has 9 heteroatoms. The first kappa shape index (κ1) is 21.2. The average molecular weight is 378 g/mol. The fourth-order valence-corrected chi connectivity index (χ4v) is 3.06. The molecule has 26 heavy (non-hydrogen) atoms. The van der Waals surface area contributed by atoms with Crippen LogP contribution in [0.25, 0.3) is 10.2 Å². The molecule has 0 radical (unpaired) electrons. The Bertz CT molecular complexity index is 918. The number of rotatable bonds is 2. The number of carbonyl (C=O) groups is 1. The minimum Gasteiger partial charge on any atom is -0.478 e. The normalized spacial score (nSPS) is 10.4. The Balaban J connectivity index is 0.000000238. The lowest BCUT2D eigenvalue weighted by molar-refractivity contribution is -0.176. The summed E-state index contributed by atoms with van der Waals surface area (Å²) in [5, 5.41) is 24.4. The molecule has 1 heterocycles. The largest absolute Gasteiger partial charge is 0.478 e. The number of thiazole rings is 1. The summed E-state index contributed by atoms with van der Waals surface area (Å²) >= 11 is 1.60.